The van der Waals surface area contributed by atoms with Crippen LogP contribution in [0.3, 0.4) is 0 Å². The number of amides is 1. The van der Waals surface area contributed by atoms with Crippen LogP contribution in [0.4, 0.5) is 15.8 Å². The number of carbonyl (C=O) groups is 1. The molecule has 3 nitrogen and oxygen atoms in total. The van der Waals surface area contributed by atoms with Crippen molar-refractivity contribution >= 4 is 28.9 Å². The maximum atomic E-state index is 12.9. The van der Waals surface area contributed by atoms with Crippen LogP contribution in [0, 0.1) is 5.82 Å². The largest absolute Gasteiger partial charge is 0.377 e. The predicted molar refractivity (Wildman–Crippen MR) is 82.2 cm³/mol. The fourth-order valence-corrected chi connectivity index (χ4v) is 2.64. The molecule has 0 saturated heterocycles. The number of benzene rings is 2. The van der Waals surface area contributed by atoms with E-state index in [9.17, 15) is 9.18 Å². The van der Waals surface area contributed by atoms with Gasteiger partial charge in [-0.25, -0.2) is 4.39 Å². The Balaban J connectivity index is 1.83. The molecule has 3 rings (SSSR count). The van der Waals surface area contributed by atoms with Crippen LogP contribution < -0.4 is 10.6 Å². The van der Waals surface area contributed by atoms with Crippen molar-refractivity contribution in [1.82, 2.24) is 0 Å². The topological polar surface area (TPSA) is 41.1 Å². The summed E-state index contributed by atoms with van der Waals surface area (Å²) in [4.78, 5) is 11.4. The van der Waals surface area contributed by atoms with E-state index in [1.54, 1.807) is 18.2 Å². The molecule has 0 radical (unpaired) electrons. The first-order valence-corrected chi connectivity index (χ1v) is 7.05. The van der Waals surface area contributed by atoms with Gasteiger partial charge < -0.3 is 10.6 Å². The quantitative estimate of drug-likeness (QED) is 0.894. The average molecular weight is 305 g/mol. The van der Waals surface area contributed by atoms with Gasteiger partial charge in [0, 0.05) is 11.7 Å². The molecule has 1 heterocycles. The Morgan fingerprint density at radius 1 is 1.29 bits per heavy atom. The summed E-state index contributed by atoms with van der Waals surface area (Å²) in [6.45, 7) is 1.97. The van der Waals surface area contributed by atoms with Crippen molar-refractivity contribution in [3.63, 3.8) is 0 Å². The number of hydrogen-bond acceptors (Lipinski definition) is 2. The van der Waals surface area contributed by atoms with Gasteiger partial charge in [-0.15, -0.1) is 0 Å². The van der Waals surface area contributed by atoms with Gasteiger partial charge >= 0.3 is 0 Å². The molecule has 1 aliphatic rings. The number of carbonyl (C=O) groups excluding carboxylic acids is 1. The fourth-order valence-electron chi connectivity index (χ4n) is 2.43. The Labute approximate surface area is 127 Å². The molecule has 2 aromatic rings. The Hall–Kier alpha value is -2.07. The monoisotopic (exact) mass is 304 g/mol. The van der Waals surface area contributed by atoms with E-state index in [0.29, 0.717) is 11.4 Å². The third-order valence-corrected chi connectivity index (χ3v) is 3.87. The lowest BCUT2D eigenvalue weighted by molar-refractivity contribution is -0.115. The summed E-state index contributed by atoms with van der Waals surface area (Å²) in [6, 6.07) is 9.95. The first-order chi connectivity index (χ1) is 10.0. The van der Waals surface area contributed by atoms with Crippen molar-refractivity contribution in [3.05, 3.63) is 58.4 Å². The molecule has 2 N–H and O–H groups in total. The van der Waals surface area contributed by atoms with Crippen molar-refractivity contribution in [1.29, 1.82) is 0 Å². The zero-order chi connectivity index (χ0) is 15.0. The molecule has 1 atom stereocenters. The molecule has 5 heteroatoms. The molecule has 0 spiro atoms. The lowest BCUT2D eigenvalue weighted by Gasteiger charge is -2.17. The third-order valence-electron chi connectivity index (χ3n) is 3.56. The van der Waals surface area contributed by atoms with E-state index in [1.165, 1.54) is 12.1 Å². The van der Waals surface area contributed by atoms with E-state index < -0.39 is 0 Å². The third kappa shape index (κ3) is 2.85. The number of fused-ring (bicyclic) bond motifs is 1. The number of hydrogen-bond donors (Lipinski definition) is 2. The number of anilines is 2. The van der Waals surface area contributed by atoms with Crippen molar-refractivity contribution in [2.75, 3.05) is 10.6 Å². The molecule has 2 aromatic carbocycles. The minimum Gasteiger partial charge on any atom is -0.377 e. The van der Waals surface area contributed by atoms with Crippen LogP contribution in [-0.2, 0) is 11.2 Å². The fraction of sp³-hybridized carbons (Fsp3) is 0.188. The highest BCUT2D eigenvalue weighted by molar-refractivity contribution is 6.33. The maximum Gasteiger partial charge on any atom is 0.228 e. The second kappa shape index (κ2) is 5.37. The van der Waals surface area contributed by atoms with Gasteiger partial charge in [0.15, 0.2) is 0 Å². The number of nitrogens with one attached hydrogen (secondary N) is 2. The van der Waals surface area contributed by atoms with E-state index in [4.69, 9.17) is 11.6 Å². The van der Waals surface area contributed by atoms with Crippen LogP contribution in [0.5, 0.6) is 0 Å². The summed E-state index contributed by atoms with van der Waals surface area (Å²) >= 11 is 6.24. The molecule has 1 amide bonds. The first kappa shape index (κ1) is 13.9. The maximum absolute atomic E-state index is 12.9. The predicted octanol–water partition coefficient (Wildman–Crippen LogP) is 4.15. The summed E-state index contributed by atoms with van der Waals surface area (Å²) in [5.74, 6) is -0.282. The lowest BCUT2D eigenvalue weighted by Crippen LogP contribution is -2.07. The van der Waals surface area contributed by atoms with Gasteiger partial charge in [0.2, 0.25) is 5.91 Å². The molecule has 0 aromatic heterocycles. The summed E-state index contributed by atoms with van der Waals surface area (Å²) in [7, 11) is 0. The minimum absolute atomic E-state index is 0.0220. The van der Waals surface area contributed by atoms with Gasteiger partial charge in [0.25, 0.3) is 0 Å². The van der Waals surface area contributed by atoms with Crippen LogP contribution in [0.1, 0.15) is 24.1 Å². The zero-order valence-electron chi connectivity index (χ0n) is 11.4. The molecular formula is C16H14ClFN2O. The van der Waals surface area contributed by atoms with E-state index in [1.807, 2.05) is 13.0 Å². The Bertz CT molecular complexity index is 700. The molecular weight excluding hydrogens is 291 g/mol. The Morgan fingerprint density at radius 3 is 2.71 bits per heavy atom. The molecule has 0 fully saturated rings. The molecule has 108 valence electrons. The highest BCUT2D eigenvalue weighted by atomic mass is 35.5. The molecule has 1 unspecified atom stereocenters. The second-order valence-electron chi connectivity index (χ2n) is 5.13. The van der Waals surface area contributed by atoms with Crippen molar-refractivity contribution in [2.45, 2.75) is 19.4 Å². The van der Waals surface area contributed by atoms with Gasteiger partial charge in [-0.1, -0.05) is 23.7 Å². The standard InChI is InChI=1S/C16H14ClFN2O/c1-9(10-2-4-12(18)5-3-10)19-15-6-11-7-16(21)20-14(11)8-13(15)17/h2-6,8-9,19H,7H2,1H3,(H,20,21). The normalized spacial score (nSPS) is 14.5. The summed E-state index contributed by atoms with van der Waals surface area (Å²) in [6.07, 6.45) is 0.367. The van der Waals surface area contributed by atoms with Crippen LogP contribution in [0.15, 0.2) is 36.4 Å². The number of rotatable bonds is 3. The molecule has 0 bridgehead atoms. The van der Waals surface area contributed by atoms with Gasteiger partial charge in [-0.3, -0.25) is 4.79 Å². The van der Waals surface area contributed by atoms with Gasteiger partial charge in [0.05, 0.1) is 17.1 Å². The van der Waals surface area contributed by atoms with Crippen LogP contribution in [-0.4, -0.2) is 5.91 Å². The summed E-state index contributed by atoms with van der Waals surface area (Å²) in [5.41, 5.74) is 3.43. The lowest BCUT2D eigenvalue weighted by atomic mass is 10.1. The van der Waals surface area contributed by atoms with E-state index in [-0.39, 0.29) is 17.8 Å². The van der Waals surface area contributed by atoms with E-state index in [2.05, 4.69) is 10.6 Å². The molecule has 0 aliphatic carbocycles. The Kier molecular flexibility index (Phi) is 3.55. The highest BCUT2D eigenvalue weighted by Crippen LogP contribution is 2.34. The zero-order valence-corrected chi connectivity index (χ0v) is 12.2. The molecule has 21 heavy (non-hydrogen) atoms. The van der Waals surface area contributed by atoms with Crippen molar-refractivity contribution in [2.24, 2.45) is 0 Å². The average Bonchev–Trinajstić information content (AvgIpc) is 2.79. The van der Waals surface area contributed by atoms with Gasteiger partial charge in [-0.2, -0.15) is 0 Å². The summed E-state index contributed by atoms with van der Waals surface area (Å²) in [5, 5.41) is 6.61. The summed E-state index contributed by atoms with van der Waals surface area (Å²) < 4.78 is 12.9. The SMILES string of the molecule is CC(Nc1cc2c(cc1Cl)NC(=O)C2)c1ccc(F)cc1. The minimum atomic E-state index is -0.258. The van der Waals surface area contributed by atoms with Crippen molar-refractivity contribution < 1.29 is 9.18 Å². The second-order valence-corrected chi connectivity index (χ2v) is 5.54. The smallest absolute Gasteiger partial charge is 0.228 e. The molecule has 0 saturated carbocycles. The van der Waals surface area contributed by atoms with Crippen molar-refractivity contribution in [3.8, 4) is 0 Å². The first-order valence-electron chi connectivity index (χ1n) is 6.67. The van der Waals surface area contributed by atoms with Crippen LogP contribution >= 0.6 is 11.6 Å². The van der Waals surface area contributed by atoms with Crippen LogP contribution in [0.2, 0.25) is 5.02 Å². The van der Waals surface area contributed by atoms with Gasteiger partial charge in [0.1, 0.15) is 5.82 Å². The van der Waals surface area contributed by atoms with Gasteiger partial charge in [-0.05, 0) is 42.3 Å². The van der Waals surface area contributed by atoms with E-state index in [0.717, 1.165) is 22.5 Å². The van der Waals surface area contributed by atoms with Crippen LogP contribution in [0.25, 0.3) is 0 Å². The number of halogens is 2. The highest BCUT2D eigenvalue weighted by Gasteiger charge is 2.20. The molecule has 1 aliphatic heterocycles. The van der Waals surface area contributed by atoms with E-state index >= 15 is 0 Å². The Morgan fingerprint density at radius 2 is 2.00 bits per heavy atom.